The Morgan fingerprint density at radius 3 is 2.25 bits per heavy atom. The highest BCUT2D eigenvalue weighted by Gasteiger charge is 2.15. The number of halogens is 1. The van der Waals surface area contributed by atoms with Gasteiger partial charge in [0.15, 0.2) is 0 Å². The first-order chi connectivity index (χ1) is 13.6. The minimum atomic E-state index is -0.874. The van der Waals surface area contributed by atoms with Gasteiger partial charge in [-0.15, -0.1) is 0 Å². The van der Waals surface area contributed by atoms with Gasteiger partial charge in [0.25, 0.3) is 0 Å². The molecule has 0 unspecified atom stereocenters. The molecule has 0 aliphatic carbocycles. The molecule has 2 aromatic rings. The SMILES string of the molecule is O=C(NCCc1ccc(N2CCCCCC2)cc1)C(=O)Nc1ccccc1F. The predicted molar refractivity (Wildman–Crippen MR) is 109 cm³/mol. The van der Waals surface area contributed by atoms with Gasteiger partial charge in [-0.2, -0.15) is 0 Å². The largest absolute Gasteiger partial charge is 0.372 e. The van der Waals surface area contributed by atoms with Gasteiger partial charge in [-0.25, -0.2) is 4.39 Å². The summed E-state index contributed by atoms with van der Waals surface area (Å²) in [6.45, 7) is 2.55. The first-order valence-corrected chi connectivity index (χ1v) is 9.81. The second kappa shape index (κ2) is 9.88. The Kier molecular flexibility index (Phi) is 7.00. The van der Waals surface area contributed by atoms with Crippen LogP contribution in [-0.2, 0) is 16.0 Å². The molecule has 28 heavy (non-hydrogen) atoms. The van der Waals surface area contributed by atoms with Gasteiger partial charge in [-0.3, -0.25) is 9.59 Å². The van der Waals surface area contributed by atoms with Crippen LogP contribution in [0.3, 0.4) is 0 Å². The Morgan fingerprint density at radius 2 is 1.57 bits per heavy atom. The van der Waals surface area contributed by atoms with Crippen molar-refractivity contribution in [2.75, 3.05) is 29.9 Å². The molecule has 1 saturated heterocycles. The fourth-order valence-corrected chi connectivity index (χ4v) is 3.34. The monoisotopic (exact) mass is 383 g/mol. The van der Waals surface area contributed by atoms with Crippen molar-refractivity contribution in [3.05, 3.63) is 59.9 Å². The Balaban J connectivity index is 1.44. The molecule has 0 radical (unpaired) electrons. The molecule has 0 bridgehead atoms. The van der Waals surface area contributed by atoms with Crippen LogP contribution < -0.4 is 15.5 Å². The summed E-state index contributed by atoms with van der Waals surface area (Å²) in [4.78, 5) is 26.2. The van der Waals surface area contributed by atoms with Crippen LogP contribution in [0.4, 0.5) is 15.8 Å². The minimum absolute atomic E-state index is 0.00764. The summed E-state index contributed by atoms with van der Waals surface area (Å²) in [5.41, 5.74) is 2.32. The average Bonchev–Trinajstić information content (AvgIpc) is 2.99. The first-order valence-electron chi connectivity index (χ1n) is 9.81. The van der Waals surface area contributed by atoms with Crippen LogP contribution in [0.5, 0.6) is 0 Å². The van der Waals surface area contributed by atoms with Gasteiger partial charge in [0, 0.05) is 25.3 Å². The van der Waals surface area contributed by atoms with Crippen LogP contribution in [0.1, 0.15) is 31.2 Å². The number of carbonyl (C=O) groups excluding carboxylic acids is 2. The summed E-state index contributed by atoms with van der Waals surface area (Å²) in [5, 5.41) is 4.85. The van der Waals surface area contributed by atoms with E-state index >= 15 is 0 Å². The number of para-hydroxylation sites is 1. The average molecular weight is 383 g/mol. The lowest BCUT2D eigenvalue weighted by atomic mass is 10.1. The van der Waals surface area contributed by atoms with Crippen LogP contribution in [0.25, 0.3) is 0 Å². The molecule has 1 heterocycles. The lowest BCUT2D eigenvalue weighted by molar-refractivity contribution is -0.136. The highest BCUT2D eigenvalue weighted by molar-refractivity contribution is 6.39. The molecule has 3 rings (SSSR count). The van der Waals surface area contributed by atoms with E-state index in [0.29, 0.717) is 13.0 Å². The molecule has 6 heteroatoms. The van der Waals surface area contributed by atoms with Crippen molar-refractivity contribution in [3.63, 3.8) is 0 Å². The molecule has 0 atom stereocenters. The van der Waals surface area contributed by atoms with Crippen LogP contribution in [0.2, 0.25) is 0 Å². The fraction of sp³-hybridized carbons (Fsp3) is 0.364. The van der Waals surface area contributed by atoms with Crippen LogP contribution in [-0.4, -0.2) is 31.4 Å². The zero-order chi connectivity index (χ0) is 19.8. The molecule has 0 spiro atoms. The highest BCUT2D eigenvalue weighted by Crippen LogP contribution is 2.20. The lowest BCUT2D eigenvalue weighted by Crippen LogP contribution is -2.36. The Hall–Kier alpha value is -2.89. The number of nitrogens with zero attached hydrogens (tertiary/aromatic N) is 1. The van der Waals surface area contributed by atoms with Crippen molar-refractivity contribution in [2.24, 2.45) is 0 Å². The van der Waals surface area contributed by atoms with Gasteiger partial charge in [-0.05, 0) is 49.1 Å². The van der Waals surface area contributed by atoms with E-state index in [0.717, 1.165) is 18.7 Å². The van der Waals surface area contributed by atoms with Gasteiger partial charge < -0.3 is 15.5 Å². The molecule has 148 valence electrons. The summed E-state index contributed by atoms with van der Waals surface area (Å²) in [7, 11) is 0. The molecule has 1 aliphatic heterocycles. The number of nitrogens with one attached hydrogen (secondary N) is 2. The second-order valence-corrected chi connectivity index (χ2v) is 7.01. The standard InChI is InChI=1S/C22H26FN3O2/c23-19-7-3-4-8-20(19)25-22(28)21(27)24-14-13-17-9-11-18(12-10-17)26-15-5-1-2-6-16-26/h3-4,7-12H,1-2,5-6,13-16H2,(H,24,27)(H,25,28). The summed E-state index contributed by atoms with van der Waals surface area (Å²) in [5.74, 6) is -2.22. The van der Waals surface area contributed by atoms with E-state index in [1.165, 1.54) is 49.6 Å². The van der Waals surface area contributed by atoms with Crippen LogP contribution in [0.15, 0.2) is 48.5 Å². The number of hydrogen-bond donors (Lipinski definition) is 2. The zero-order valence-corrected chi connectivity index (χ0v) is 15.9. The number of benzene rings is 2. The summed E-state index contributed by atoms with van der Waals surface area (Å²) in [6, 6.07) is 14.1. The maximum atomic E-state index is 13.5. The molecule has 2 aromatic carbocycles. The molecule has 0 aromatic heterocycles. The minimum Gasteiger partial charge on any atom is -0.372 e. The number of hydrogen-bond acceptors (Lipinski definition) is 3. The third-order valence-corrected chi connectivity index (χ3v) is 4.94. The van der Waals surface area contributed by atoms with Crippen LogP contribution >= 0.6 is 0 Å². The zero-order valence-electron chi connectivity index (χ0n) is 15.9. The molecule has 1 fully saturated rings. The van der Waals surface area contributed by atoms with Gasteiger partial charge in [0.05, 0.1) is 5.69 Å². The Morgan fingerprint density at radius 1 is 0.893 bits per heavy atom. The van der Waals surface area contributed by atoms with E-state index < -0.39 is 17.6 Å². The molecule has 0 saturated carbocycles. The summed E-state index contributed by atoms with van der Waals surface area (Å²) >= 11 is 0. The first kappa shape index (κ1) is 19.9. The van der Waals surface area contributed by atoms with E-state index in [9.17, 15) is 14.0 Å². The fourth-order valence-electron chi connectivity index (χ4n) is 3.34. The van der Waals surface area contributed by atoms with Crippen molar-refractivity contribution in [1.29, 1.82) is 0 Å². The van der Waals surface area contributed by atoms with E-state index in [-0.39, 0.29) is 5.69 Å². The molecule has 5 nitrogen and oxygen atoms in total. The summed E-state index contributed by atoms with van der Waals surface area (Å²) < 4.78 is 13.5. The Bertz CT molecular complexity index is 800. The van der Waals surface area contributed by atoms with Gasteiger partial charge in [0.2, 0.25) is 0 Å². The van der Waals surface area contributed by atoms with Crippen LogP contribution in [0, 0.1) is 5.82 Å². The van der Waals surface area contributed by atoms with Crippen molar-refractivity contribution in [3.8, 4) is 0 Å². The maximum Gasteiger partial charge on any atom is 0.313 e. The third kappa shape index (κ3) is 5.55. The van der Waals surface area contributed by atoms with Crippen molar-refractivity contribution >= 4 is 23.2 Å². The smallest absolute Gasteiger partial charge is 0.313 e. The van der Waals surface area contributed by atoms with E-state index in [1.807, 2.05) is 0 Å². The maximum absolute atomic E-state index is 13.5. The van der Waals surface area contributed by atoms with E-state index in [4.69, 9.17) is 0 Å². The number of rotatable bonds is 5. The number of anilines is 2. The second-order valence-electron chi connectivity index (χ2n) is 7.01. The predicted octanol–water partition coefficient (Wildman–Crippen LogP) is 3.50. The molecular weight excluding hydrogens is 357 g/mol. The van der Waals surface area contributed by atoms with Crippen molar-refractivity contribution < 1.29 is 14.0 Å². The van der Waals surface area contributed by atoms with Gasteiger partial charge in [0.1, 0.15) is 5.82 Å². The highest BCUT2D eigenvalue weighted by atomic mass is 19.1. The van der Waals surface area contributed by atoms with Crippen molar-refractivity contribution in [2.45, 2.75) is 32.1 Å². The third-order valence-electron chi connectivity index (χ3n) is 4.94. The topological polar surface area (TPSA) is 61.4 Å². The van der Waals surface area contributed by atoms with Gasteiger partial charge >= 0.3 is 11.8 Å². The van der Waals surface area contributed by atoms with Gasteiger partial charge in [-0.1, -0.05) is 37.1 Å². The Labute approximate surface area is 164 Å². The quantitative estimate of drug-likeness (QED) is 0.777. The van der Waals surface area contributed by atoms with Crippen molar-refractivity contribution in [1.82, 2.24) is 5.32 Å². The molecule has 2 N–H and O–H groups in total. The number of amides is 2. The van der Waals surface area contributed by atoms with E-state index in [1.54, 1.807) is 6.07 Å². The normalized spacial score (nSPS) is 14.2. The lowest BCUT2D eigenvalue weighted by Gasteiger charge is -2.22. The summed E-state index contributed by atoms with van der Waals surface area (Å²) in [6.07, 6.45) is 5.71. The molecule has 1 aliphatic rings. The molecule has 2 amide bonds. The molecular formula is C22H26FN3O2. The van der Waals surface area contributed by atoms with E-state index in [2.05, 4.69) is 39.8 Å². The number of carbonyl (C=O) groups is 2.